The first-order chi connectivity index (χ1) is 8.13. The van der Waals surface area contributed by atoms with Crippen molar-refractivity contribution in [3.8, 4) is 6.01 Å². The molecule has 2 N–H and O–H groups in total. The second-order valence-electron chi connectivity index (χ2n) is 3.86. The first-order valence-corrected chi connectivity index (χ1v) is 6.34. The standard InChI is InChI=1S/C11H15BrN4O/c1-3-4-5-17-11-14-9(13)7-6-8(12)16(2)10(7)15-11/h6H,3-5H2,1-2H3,(H2,13,14,15). The minimum atomic E-state index is 0.345. The highest BCUT2D eigenvalue weighted by atomic mass is 79.9. The Morgan fingerprint density at radius 2 is 2.24 bits per heavy atom. The van der Waals surface area contributed by atoms with E-state index in [1.165, 1.54) is 0 Å². The number of halogens is 1. The van der Waals surface area contributed by atoms with Crippen molar-refractivity contribution < 1.29 is 4.74 Å². The zero-order valence-corrected chi connectivity index (χ0v) is 11.5. The summed E-state index contributed by atoms with van der Waals surface area (Å²) in [5, 5.41) is 0.835. The van der Waals surface area contributed by atoms with Crippen LogP contribution in [0.2, 0.25) is 0 Å². The van der Waals surface area contributed by atoms with Gasteiger partial charge in [0.15, 0.2) is 0 Å². The van der Waals surface area contributed by atoms with Crippen LogP contribution in [0.1, 0.15) is 19.8 Å². The Labute approximate surface area is 108 Å². The normalized spacial score (nSPS) is 11.0. The third-order valence-electron chi connectivity index (χ3n) is 2.57. The van der Waals surface area contributed by atoms with Crippen molar-refractivity contribution in [3.05, 3.63) is 10.7 Å². The van der Waals surface area contributed by atoms with Crippen molar-refractivity contribution in [3.63, 3.8) is 0 Å². The third kappa shape index (κ3) is 2.36. The molecular formula is C11H15BrN4O. The summed E-state index contributed by atoms with van der Waals surface area (Å²) < 4.78 is 8.29. The van der Waals surface area contributed by atoms with E-state index in [1.54, 1.807) is 0 Å². The maximum Gasteiger partial charge on any atom is 0.320 e. The first kappa shape index (κ1) is 12.2. The van der Waals surface area contributed by atoms with Gasteiger partial charge in [-0.15, -0.1) is 0 Å². The molecule has 92 valence electrons. The molecule has 0 unspecified atom stereocenters. The van der Waals surface area contributed by atoms with Crippen LogP contribution in [0.5, 0.6) is 6.01 Å². The second-order valence-corrected chi connectivity index (χ2v) is 4.67. The summed E-state index contributed by atoms with van der Waals surface area (Å²) in [6.45, 7) is 2.73. The van der Waals surface area contributed by atoms with Gasteiger partial charge in [-0.3, -0.25) is 0 Å². The lowest BCUT2D eigenvalue weighted by Gasteiger charge is -2.05. The van der Waals surface area contributed by atoms with Gasteiger partial charge >= 0.3 is 6.01 Å². The number of ether oxygens (including phenoxy) is 1. The fraction of sp³-hybridized carbons (Fsp3) is 0.455. The Morgan fingerprint density at radius 3 is 2.94 bits per heavy atom. The van der Waals surface area contributed by atoms with Gasteiger partial charge in [-0.1, -0.05) is 13.3 Å². The molecule has 0 atom stereocenters. The number of nitrogen functional groups attached to an aromatic ring is 1. The molecule has 17 heavy (non-hydrogen) atoms. The van der Waals surface area contributed by atoms with E-state index >= 15 is 0 Å². The number of nitrogens with two attached hydrogens (primary N) is 1. The molecule has 0 radical (unpaired) electrons. The van der Waals surface area contributed by atoms with E-state index in [0.29, 0.717) is 18.4 Å². The molecule has 0 aromatic carbocycles. The van der Waals surface area contributed by atoms with Crippen molar-refractivity contribution in [2.24, 2.45) is 7.05 Å². The second kappa shape index (κ2) is 4.91. The van der Waals surface area contributed by atoms with Gasteiger partial charge in [-0.2, -0.15) is 9.97 Å². The van der Waals surface area contributed by atoms with Crippen LogP contribution in [0.15, 0.2) is 10.7 Å². The van der Waals surface area contributed by atoms with Crippen LogP contribution in [-0.2, 0) is 7.05 Å². The molecule has 5 nitrogen and oxygen atoms in total. The van der Waals surface area contributed by atoms with E-state index in [1.807, 2.05) is 17.7 Å². The Balaban J connectivity index is 2.36. The van der Waals surface area contributed by atoms with Gasteiger partial charge in [-0.25, -0.2) is 0 Å². The van der Waals surface area contributed by atoms with Crippen LogP contribution in [0.3, 0.4) is 0 Å². The van der Waals surface area contributed by atoms with Crippen molar-refractivity contribution in [2.75, 3.05) is 12.3 Å². The van der Waals surface area contributed by atoms with Gasteiger partial charge < -0.3 is 15.0 Å². The fourth-order valence-corrected chi connectivity index (χ4v) is 1.93. The summed E-state index contributed by atoms with van der Waals surface area (Å²) in [6.07, 6.45) is 2.06. The van der Waals surface area contributed by atoms with Gasteiger partial charge in [0.25, 0.3) is 0 Å². The molecule has 2 heterocycles. The minimum Gasteiger partial charge on any atom is -0.463 e. The van der Waals surface area contributed by atoms with Crippen molar-refractivity contribution >= 4 is 32.8 Å². The van der Waals surface area contributed by atoms with Gasteiger partial charge in [-0.05, 0) is 28.4 Å². The topological polar surface area (TPSA) is 66.0 Å². The van der Waals surface area contributed by atoms with Crippen LogP contribution in [-0.4, -0.2) is 21.1 Å². The predicted molar refractivity (Wildman–Crippen MR) is 71.0 cm³/mol. The van der Waals surface area contributed by atoms with E-state index in [4.69, 9.17) is 10.5 Å². The number of unbranched alkanes of at least 4 members (excludes halogenated alkanes) is 1. The van der Waals surface area contributed by atoms with Gasteiger partial charge in [0.2, 0.25) is 0 Å². The lowest BCUT2D eigenvalue weighted by molar-refractivity contribution is 0.286. The lowest BCUT2D eigenvalue weighted by Crippen LogP contribution is -2.04. The average Bonchev–Trinajstić information content (AvgIpc) is 2.58. The molecule has 0 aliphatic carbocycles. The third-order valence-corrected chi connectivity index (χ3v) is 3.33. The molecule has 0 saturated heterocycles. The molecule has 0 fully saturated rings. The van der Waals surface area contributed by atoms with E-state index < -0.39 is 0 Å². The van der Waals surface area contributed by atoms with Crippen molar-refractivity contribution in [2.45, 2.75) is 19.8 Å². The van der Waals surface area contributed by atoms with Gasteiger partial charge in [0.05, 0.1) is 16.6 Å². The first-order valence-electron chi connectivity index (χ1n) is 5.54. The predicted octanol–water partition coefficient (Wildman–Crippen LogP) is 2.49. The number of aryl methyl sites for hydroxylation is 1. The van der Waals surface area contributed by atoms with Crippen LogP contribution >= 0.6 is 15.9 Å². The Bertz CT molecular complexity index is 538. The van der Waals surface area contributed by atoms with Crippen LogP contribution < -0.4 is 10.5 Å². The SMILES string of the molecule is CCCCOc1nc(N)c2cc(Br)n(C)c2n1. The molecule has 2 rings (SSSR count). The highest BCUT2D eigenvalue weighted by molar-refractivity contribution is 9.10. The van der Waals surface area contributed by atoms with Crippen LogP contribution in [0.25, 0.3) is 11.0 Å². The Kier molecular flexibility index (Phi) is 3.51. The van der Waals surface area contributed by atoms with E-state index in [9.17, 15) is 0 Å². The number of nitrogens with zero attached hydrogens (tertiary/aromatic N) is 3. The summed E-state index contributed by atoms with van der Waals surface area (Å²) >= 11 is 3.43. The maximum atomic E-state index is 5.88. The number of fused-ring (bicyclic) bond motifs is 1. The smallest absolute Gasteiger partial charge is 0.320 e. The minimum absolute atomic E-state index is 0.345. The maximum absolute atomic E-state index is 5.88. The zero-order valence-electron chi connectivity index (χ0n) is 9.90. The molecule has 0 bridgehead atoms. The van der Waals surface area contributed by atoms with Crippen molar-refractivity contribution in [1.82, 2.24) is 14.5 Å². The summed E-state index contributed by atoms with van der Waals surface area (Å²) in [7, 11) is 1.91. The molecule has 0 saturated carbocycles. The summed E-state index contributed by atoms with van der Waals surface area (Å²) in [5.41, 5.74) is 6.65. The molecule has 2 aromatic heterocycles. The van der Waals surface area contributed by atoms with E-state index in [-0.39, 0.29) is 0 Å². The molecule has 0 aliphatic rings. The highest BCUT2D eigenvalue weighted by Crippen LogP contribution is 2.26. The molecule has 0 spiro atoms. The summed E-state index contributed by atoms with van der Waals surface area (Å²) in [6, 6.07) is 2.25. The number of aromatic nitrogens is 3. The van der Waals surface area contributed by atoms with Crippen LogP contribution in [0.4, 0.5) is 5.82 Å². The highest BCUT2D eigenvalue weighted by Gasteiger charge is 2.11. The number of rotatable bonds is 4. The zero-order chi connectivity index (χ0) is 12.4. The summed E-state index contributed by atoms with van der Waals surface area (Å²) in [5.74, 6) is 0.447. The average molecular weight is 299 g/mol. The van der Waals surface area contributed by atoms with E-state index in [0.717, 1.165) is 28.5 Å². The number of hydrogen-bond acceptors (Lipinski definition) is 4. The quantitative estimate of drug-likeness (QED) is 0.881. The number of anilines is 1. The molecular weight excluding hydrogens is 284 g/mol. The number of hydrogen-bond donors (Lipinski definition) is 1. The Hall–Kier alpha value is -1.30. The van der Waals surface area contributed by atoms with E-state index in [2.05, 4.69) is 32.8 Å². The summed E-state index contributed by atoms with van der Waals surface area (Å²) in [4.78, 5) is 8.49. The molecule has 2 aromatic rings. The largest absolute Gasteiger partial charge is 0.463 e. The van der Waals surface area contributed by atoms with Crippen LogP contribution in [0, 0.1) is 0 Å². The Morgan fingerprint density at radius 1 is 1.47 bits per heavy atom. The van der Waals surface area contributed by atoms with Gasteiger partial charge in [0.1, 0.15) is 11.5 Å². The fourth-order valence-electron chi connectivity index (χ4n) is 1.54. The molecule has 0 amide bonds. The van der Waals surface area contributed by atoms with Gasteiger partial charge in [0, 0.05) is 7.05 Å². The molecule has 6 heteroatoms. The monoisotopic (exact) mass is 298 g/mol. The lowest BCUT2D eigenvalue weighted by atomic mass is 10.4. The van der Waals surface area contributed by atoms with Crippen molar-refractivity contribution in [1.29, 1.82) is 0 Å². The molecule has 0 aliphatic heterocycles.